The fraction of sp³-hybridized carbons (Fsp3) is 0.938. The van der Waals surface area contributed by atoms with Crippen molar-refractivity contribution >= 4 is 17.7 Å². The third kappa shape index (κ3) is 7.86. The van der Waals surface area contributed by atoms with Gasteiger partial charge in [0.05, 0.1) is 5.92 Å². The van der Waals surface area contributed by atoms with Gasteiger partial charge in [0.15, 0.2) is 0 Å². The summed E-state index contributed by atoms with van der Waals surface area (Å²) in [4.78, 5) is 11.3. The van der Waals surface area contributed by atoms with Crippen LogP contribution in [0.2, 0.25) is 0 Å². The normalized spacial score (nSPS) is 17.7. The van der Waals surface area contributed by atoms with E-state index in [0.29, 0.717) is 0 Å². The van der Waals surface area contributed by atoms with E-state index in [-0.39, 0.29) is 5.92 Å². The Kier molecular flexibility index (Phi) is 9.40. The van der Waals surface area contributed by atoms with Gasteiger partial charge in [-0.1, -0.05) is 51.9 Å². The largest absolute Gasteiger partial charge is 0.481 e. The Balaban J connectivity index is 2.08. The van der Waals surface area contributed by atoms with Gasteiger partial charge in [-0.15, -0.1) is 0 Å². The highest BCUT2D eigenvalue weighted by Crippen LogP contribution is 2.30. The van der Waals surface area contributed by atoms with Crippen LogP contribution in [0.3, 0.4) is 0 Å². The van der Waals surface area contributed by atoms with Crippen LogP contribution in [0, 0.1) is 11.8 Å². The molecular formula is C16H30O2S. The van der Waals surface area contributed by atoms with Crippen molar-refractivity contribution in [3.05, 3.63) is 0 Å². The maximum absolute atomic E-state index is 11.3. The summed E-state index contributed by atoms with van der Waals surface area (Å²) in [6, 6.07) is 0. The third-order valence-electron chi connectivity index (χ3n) is 4.21. The highest BCUT2D eigenvalue weighted by molar-refractivity contribution is 7.99. The number of carboxylic acids is 1. The second-order valence-electron chi connectivity index (χ2n) is 5.90. The van der Waals surface area contributed by atoms with Gasteiger partial charge in [0.25, 0.3) is 0 Å². The van der Waals surface area contributed by atoms with Crippen LogP contribution in [0.15, 0.2) is 0 Å². The van der Waals surface area contributed by atoms with Crippen LogP contribution >= 0.6 is 11.8 Å². The lowest BCUT2D eigenvalue weighted by molar-refractivity contribution is -0.141. The first-order valence-electron chi connectivity index (χ1n) is 8.04. The smallest absolute Gasteiger partial charge is 0.307 e. The number of unbranched alkanes of at least 4 members (excludes halogenated alkanes) is 3. The maximum atomic E-state index is 11.3. The van der Waals surface area contributed by atoms with E-state index in [9.17, 15) is 9.90 Å². The molecule has 1 atom stereocenters. The van der Waals surface area contributed by atoms with Crippen LogP contribution in [0.5, 0.6) is 0 Å². The Morgan fingerprint density at radius 2 is 2.00 bits per heavy atom. The first kappa shape index (κ1) is 16.9. The zero-order valence-corrected chi connectivity index (χ0v) is 13.2. The standard InChI is InChI=1S/C16H30O2S/c1-2-3-4-7-12-19-13-15(16(17)18)11-10-14-8-5-6-9-14/h14-15H,2-13H2,1H3,(H,17,18). The van der Waals surface area contributed by atoms with Gasteiger partial charge in [0.2, 0.25) is 0 Å². The van der Waals surface area contributed by atoms with Crippen molar-refractivity contribution in [2.75, 3.05) is 11.5 Å². The minimum absolute atomic E-state index is 0.114. The molecule has 112 valence electrons. The minimum Gasteiger partial charge on any atom is -0.481 e. The Labute approximate surface area is 122 Å². The molecule has 0 radical (unpaired) electrons. The Morgan fingerprint density at radius 3 is 2.63 bits per heavy atom. The van der Waals surface area contributed by atoms with Gasteiger partial charge in [0.1, 0.15) is 0 Å². The Hall–Kier alpha value is -0.180. The quantitative estimate of drug-likeness (QED) is 0.545. The van der Waals surface area contributed by atoms with Crippen LogP contribution in [-0.4, -0.2) is 22.6 Å². The van der Waals surface area contributed by atoms with Crippen molar-refractivity contribution in [3.63, 3.8) is 0 Å². The summed E-state index contributed by atoms with van der Waals surface area (Å²) in [7, 11) is 0. The van der Waals surface area contributed by atoms with E-state index in [0.717, 1.165) is 30.3 Å². The van der Waals surface area contributed by atoms with Gasteiger partial charge in [-0.2, -0.15) is 11.8 Å². The van der Waals surface area contributed by atoms with E-state index in [1.165, 1.54) is 51.4 Å². The van der Waals surface area contributed by atoms with Crippen molar-refractivity contribution in [2.24, 2.45) is 11.8 Å². The van der Waals surface area contributed by atoms with Crippen LogP contribution < -0.4 is 0 Å². The number of hydrogen-bond acceptors (Lipinski definition) is 2. The molecule has 0 aromatic carbocycles. The number of carbonyl (C=O) groups is 1. The second-order valence-corrected chi connectivity index (χ2v) is 7.05. The highest BCUT2D eigenvalue weighted by atomic mass is 32.2. The third-order valence-corrected chi connectivity index (χ3v) is 5.42. The summed E-state index contributed by atoms with van der Waals surface area (Å²) in [5.41, 5.74) is 0. The molecule has 1 N–H and O–H groups in total. The molecule has 19 heavy (non-hydrogen) atoms. The molecule has 0 amide bonds. The van der Waals surface area contributed by atoms with E-state index < -0.39 is 5.97 Å². The van der Waals surface area contributed by atoms with Gasteiger partial charge < -0.3 is 5.11 Å². The molecule has 0 aromatic rings. The molecule has 2 nitrogen and oxygen atoms in total. The molecule has 0 saturated heterocycles. The molecular weight excluding hydrogens is 256 g/mol. The van der Waals surface area contributed by atoms with Crippen molar-refractivity contribution in [3.8, 4) is 0 Å². The zero-order valence-electron chi connectivity index (χ0n) is 12.4. The maximum Gasteiger partial charge on any atom is 0.307 e. The molecule has 0 heterocycles. The monoisotopic (exact) mass is 286 g/mol. The first-order chi connectivity index (χ1) is 9.24. The van der Waals surface area contributed by atoms with Crippen molar-refractivity contribution in [1.82, 2.24) is 0 Å². The SMILES string of the molecule is CCCCCCSCC(CCC1CCCC1)C(=O)O. The van der Waals surface area contributed by atoms with Crippen LogP contribution in [0.4, 0.5) is 0 Å². The van der Waals surface area contributed by atoms with Crippen LogP contribution in [0.25, 0.3) is 0 Å². The van der Waals surface area contributed by atoms with Gasteiger partial charge >= 0.3 is 5.97 Å². The van der Waals surface area contributed by atoms with Gasteiger partial charge in [-0.05, 0) is 30.9 Å². The molecule has 3 heteroatoms. The molecule has 0 bridgehead atoms. The lowest BCUT2D eigenvalue weighted by Gasteiger charge is -2.14. The molecule has 1 aliphatic carbocycles. The number of carboxylic acid groups (broad SMARTS) is 1. The van der Waals surface area contributed by atoms with Crippen molar-refractivity contribution < 1.29 is 9.90 Å². The molecule has 1 fully saturated rings. The number of thioether (sulfide) groups is 1. The molecule has 1 unspecified atom stereocenters. The van der Waals surface area contributed by atoms with E-state index in [1.54, 1.807) is 0 Å². The first-order valence-corrected chi connectivity index (χ1v) is 9.20. The van der Waals surface area contributed by atoms with Crippen LogP contribution in [-0.2, 0) is 4.79 Å². The van der Waals surface area contributed by atoms with Crippen molar-refractivity contribution in [2.45, 2.75) is 71.1 Å². The van der Waals surface area contributed by atoms with Gasteiger partial charge in [-0.3, -0.25) is 4.79 Å². The predicted molar refractivity (Wildman–Crippen MR) is 83.8 cm³/mol. The minimum atomic E-state index is -0.584. The van der Waals surface area contributed by atoms with Crippen molar-refractivity contribution in [1.29, 1.82) is 0 Å². The summed E-state index contributed by atoms with van der Waals surface area (Å²) in [6.07, 6.45) is 12.5. The summed E-state index contributed by atoms with van der Waals surface area (Å²) in [5.74, 6) is 2.06. The number of rotatable bonds is 11. The highest BCUT2D eigenvalue weighted by Gasteiger charge is 2.21. The second kappa shape index (κ2) is 10.6. The van der Waals surface area contributed by atoms with E-state index >= 15 is 0 Å². The van der Waals surface area contributed by atoms with E-state index in [4.69, 9.17) is 0 Å². The number of hydrogen-bond donors (Lipinski definition) is 1. The number of aliphatic carboxylic acids is 1. The summed E-state index contributed by atoms with van der Waals surface area (Å²) in [6.45, 7) is 2.22. The lowest BCUT2D eigenvalue weighted by Crippen LogP contribution is -2.17. The summed E-state index contributed by atoms with van der Waals surface area (Å²) >= 11 is 1.84. The summed E-state index contributed by atoms with van der Waals surface area (Å²) < 4.78 is 0. The Morgan fingerprint density at radius 1 is 1.26 bits per heavy atom. The topological polar surface area (TPSA) is 37.3 Å². The fourth-order valence-corrected chi connectivity index (χ4v) is 4.04. The summed E-state index contributed by atoms with van der Waals surface area (Å²) in [5, 5.41) is 9.27. The zero-order chi connectivity index (χ0) is 13.9. The lowest BCUT2D eigenvalue weighted by atomic mass is 9.96. The Bertz CT molecular complexity index is 237. The average molecular weight is 286 g/mol. The molecule has 1 aliphatic rings. The average Bonchev–Trinajstić information content (AvgIpc) is 2.89. The van der Waals surface area contributed by atoms with Crippen LogP contribution in [0.1, 0.15) is 71.1 Å². The van der Waals surface area contributed by atoms with Gasteiger partial charge in [-0.25, -0.2) is 0 Å². The van der Waals surface area contributed by atoms with Gasteiger partial charge in [0, 0.05) is 5.75 Å². The molecule has 0 aliphatic heterocycles. The predicted octanol–water partition coefficient (Wildman–Crippen LogP) is 4.97. The van der Waals surface area contributed by atoms with E-state index in [2.05, 4.69) is 6.92 Å². The molecule has 1 rings (SSSR count). The molecule has 0 spiro atoms. The molecule has 1 saturated carbocycles. The molecule has 0 aromatic heterocycles. The van der Waals surface area contributed by atoms with E-state index in [1.807, 2.05) is 11.8 Å². The fourth-order valence-electron chi connectivity index (χ4n) is 2.87.